The lowest BCUT2D eigenvalue weighted by molar-refractivity contribution is 1.12. The van der Waals surface area contributed by atoms with E-state index in [2.05, 4.69) is 156 Å². The first kappa shape index (κ1) is 23.5. The van der Waals surface area contributed by atoms with E-state index in [4.69, 9.17) is 0 Å². The number of aryl methyl sites for hydroxylation is 1. The lowest BCUT2D eigenvalue weighted by Gasteiger charge is -2.14. The van der Waals surface area contributed by atoms with Gasteiger partial charge in [-0.3, -0.25) is 0 Å². The second-order valence-electron chi connectivity index (χ2n) is 10.8. The molecule has 41 heavy (non-hydrogen) atoms. The predicted molar refractivity (Wildman–Crippen MR) is 175 cm³/mol. The Hall–Kier alpha value is -5.34. The molecule has 0 atom stereocenters. The smallest absolute Gasteiger partial charge is 0.0541 e. The molecule has 0 amide bonds. The van der Waals surface area contributed by atoms with Crippen LogP contribution in [0.4, 0.5) is 0 Å². The number of rotatable bonds is 4. The van der Waals surface area contributed by atoms with Gasteiger partial charge in [0.2, 0.25) is 0 Å². The van der Waals surface area contributed by atoms with Crippen LogP contribution in [0.15, 0.2) is 140 Å². The third-order valence-electron chi connectivity index (χ3n) is 8.30. The van der Waals surface area contributed by atoms with Gasteiger partial charge < -0.3 is 9.13 Å². The largest absolute Gasteiger partial charge is 0.309 e. The Kier molecular flexibility index (Phi) is 5.23. The third kappa shape index (κ3) is 3.65. The zero-order chi connectivity index (χ0) is 27.5. The SMILES string of the molecule is C=Cc1ccc(-c2ccc3c(c2)c2ccccc2n3-c2cc(C)cc(-n3c4ccccc4c4ccccc43)c2)cc1. The van der Waals surface area contributed by atoms with Crippen LogP contribution in [0, 0.1) is 6.92 Å². The summed E-state index contributed by atoms with van der Waals surface area (Å²) in [5, 5.41) is 5.06. The van der Waals surface area contributed by atoms with Crippen LogP contribution in [0.25, 0.3) is 72.2 Å². The number of hydrogen-bond donors (Lipinski definition) is 0. The summed E-state index contributed by atoms with van der Waals surface area (Å²) in [5.74, 6) is 0. The third-order valence-corrected chi connectivity index (χ3v) is 8.30. The van der Waals surface area contributed by atoms with Crippen molar-refractivity contribution >= 4 is 49.7 Å². The van der Waals surface area contributed by atoms with Crippen molar-refractivity contribution in [2.45, 2.75) is 6.92 Å². The Morgan fingerprint density at radius 1 is 0.463 bits per heavy atom. The molecule has 0 saturated carbocycles. The second kappa shape index (κ2) is 9.11. The first-order valence-corrected chi connectivity index (χ1v) is 14.1. The van der Waals surface area contributed by atoms with Gasteiger partial charge in [0, 0.05) is 32.9 Å². The molecule has 0 fully saturated rings. The molecule has 0 spiro atoms. The number of aromatic nitrogens is 2. The number of hydrogen-bond acceptors (Lipinski definition) is 0. The number of nitrogens with zero attached hydrogens (tertiary/aromatic N) is 2. The second-order valence-corrected chi connectivity index (χ2v) is 10.8. The molecule has 2 heteroatoms. The fraction of sp³-hybridized carbons (Fsp3) is 0.0256. The van der Waals surface area contributed by atoms with Gasteiger partial charge in [0.05, 0.1) is 22.1 Å². The van der Waals surface area contributed by atoms with Crippen LogP contribution in [-0.2, 0) is 0 Å². The van der Waals surface area contributed by atoms with Gasteiger partial charge in [0.1, 0.15) is 0 Å². The molecule has 0 unspecified atom stereocenters. The molecule has 0 aliphatic heterocycles. The van der Waals surface area contributed by atoms with Gasteiger partial charge in [0.25, 0.3) is 0 Å². The quantitative estimate of drug-likeness (QED) is 0.217. The van der Waals surface area contributed by atoms with Crippen LogP contribution in [0.5, 0.6) is 0 Å². The fourth-order valence-corrected chi connectivity index (χ4v) is 6.44. The van der Waals surface area contributed by atoms with Crippen LogP contribution >= 0.6 is 0 Å². The summed E-state index contributed by atoms with van der Waals surface area (Å²) in [7, 11) is 0. The Morgan fingerprint density at radius 3 is 1.46 bits per heavy atom. The molecule has 194 valence electrons. The first-order chi connectivity index (χ1) is 20.2. The van der Waals surface area contributed by atoms with Crippen LogP contribution in [0.3, 0.4) is 0 Å². The average molecular weight is 525 g/mol. The molecule has 0 aliphatic carbocycles. The van der Waals surface area contributed by atoms with Gasteiger partial charge in [-0.1, -0.05) is 97.6 Å². The van der Waals surface area contributed by atoms with Crippen molar-refractivity contribution in [3.8, 4) is 22.5 Å². The maximum atomic E-state index is 3.89. The maximum Gasteiger partial charge on any atom is 0.0541 e. The Bertz CT molecular complexity index is 2220. The number of fused-ring (bicyclic) bond motifs is 6. The lowest BCUT2D eigenvalue weighted by Crippen LogP contribution is -2.00. The summed E-state index contributed by atoms with van der Waals surface area (Å²) in [6, 6.07) is 48.5. The van der Waals surface area contributed by atoms with Crippen LogP contribution < -0.4 is 0 Å². The molecule has 8 aromatic rings. The van der Waals surface area contributed by atoms with Gasteiger partial charge >= 0.3 is 0 Å². The van der Waals surface area contributed by atoms with E-state index >= 15 is 0 Å². The van der Waals surface area contributed by atoms with E-state index in [1.807, 2.05) is 6.08 Å². The zero-order valence-corrected chi connectivity index (χ0v) is 22.9. The minimum atomic E-state index is 1.13. The van der Waals surface area contributed by atoms with Crippen molar-refractivity contribution in [3.05, 3.63) is 151 Å². The van der Waals surface area contributed by atoms with E-state index in [1.165, 1.54) is 66.0 Å². The van der Waals surface area contributed by atoms with Gasteiger partial charge in [-0.25, -0.2) is 0 Å². The zero-order valence-electron chi connectivity index (χ0n) is 22.9. The summed E-state index contributed by atoms with van der Waals surface area (Å²) < 4.78 is 4.82. The highest BCUT2D eigenvalue weighted by Crippen LogP contribution is 2.37. The van der Waals surface area contributed by atoms with Crippen LogP contribution in [0.1, 0.15) is 11.1 Å². The van der Waals surface area contributed by atoms with Crippen LogP contribution in [0.2, 0.25) is 0 Å². The fourth-order valence-electron chi connectivity index (χ4n) is 6.44. The molecule has 2 heterocycles. The first-order valence-electron chi connectivity index (χ1n) is 14.1. The maximum absolute atomic E-state index is 3.89. The van der Waals surface area contributed by atoms with Crippen molar-refractivity contribution in [1.82, 2.24) is 9.13 Å². The monoisotopic (exact) mass is 524 g/mol. The molecule has 6 aromatic carbocycles. The van der Waals surface area contributed by atoms with E-state index in [9.17, 15) is 0 Å². The van der Waals surface area contributed by atoms with Crippen molar-refractivity contribution in [2.75, 3.05) is 0 Å². The summed E-state index contributed by atoms with van der Waals surface area (Å²) in [6.45, 7) is 6.09. The van der Waals surface area contributed by atoms with Gasteiger partial charge in [-0.05, 0) is 77.7 Å². The van der Waals surface area contributed by atoms with Gasteiger partial charge in [-0.2, -0.15) is 0 Å². The Morgan fingerprint density at radius 2 is 0.927 bits per heavy atom. The molecule has 2 nitrogen and oxygen atoms in total. The minimum Gasteiger partial charge on any atom is -0.309 e. The Balaban J connectivity index is 1.37. The number of benzene rings is 6. The lowest BCUT2D eigenvalue weighted by atomic mass is 10.0. The van der Waals surface area contributed by atoms with E-state index in [0.29, 0.717) is 0 Å². The molecule has 8 rings (SSSR count). The Labute approximate surface area is 239 Å². The summed E-state index contributed by atoms with van der Waals surface area (Å²) in [4.78, 5) is 0. The summed E-state index contributed by atoms with van der Waals surface area (Å²) in [5.41, 5.74) is 12.0. The topological polar surface area (TPSA) is 9.86 Å². The van der Waals surface area contributed by atoms with Crippen molar-refractivity contribution in [3.63, 3.8) is 0 Å². The highest BCUT2D eigenvalue weighted by Gasteiger charge is 2.16. The molecular weight excluding hydrogens is 496 g/mol. The molecular formula is C39H28N2. The van der Waals surface area contributed by atoms with Crippen molar-refractivity contribution in [1.29, 1.82) is 0 Å². The summed E-state index contributed by atoms with van der Waals surface area (Å²) >= 11 is 0. The van der Waals surface area contributed by atoms with E-state index < -0.39 is 0 Å². The van der Waals surface area contributed by atoms with E-state index in [0.717, 1.165) is 11.3 Å². The molecule has 0 saturated heterocycles. The summed E-state index contributed by atoms with van der Waals surface area (Å²) in [6.07, 6.45) is 1.88. The van der Waals surface area contributed by atoms with Crippen LogP contribution in [-0.4, -0.2) is 9.13 Å². The number of para-hydroxylation sites is 3. The molecule has 0 radical (unpaired) electrons. The van der Waals surface area contributed by atoms with Gasteiger partial charge in [-0.15, -0.1) is 0 Å². The van der Waals surface area contributed by atoms with E-state index in [-0.39, 0.29) is 0 Å². The molecule has 2 aromatic heterocycles. The minimum absolute atomic E-state index is 1.13. The van der Waals surface area contributed by atoms with E-state index in [1.54, 1.807) is 0 Å². The van der Waals surface area contributed by atoms with Crippen molar-refractivity contribution in [2.24, 2.45) is 0 Å². The molecule has 0 bridgehead atoms. The average Bonchev–Trinajstić information content (AvgIpc) is 3.53. The normalized spacial score (nSPS) is 11.6. The predicted octanol–water partition coefficient (Wildman–Crippen LogP) is 10.5. The standard InChI is InChI=1S/C39H28N2/c1-3-27-16-18-28(19-17-27)29-20-21-39-35(24-29)34-12-6-9-15-38(34)41(39)31-23-26(2)22-30(25-31)40-36-13-7-4-10-32(36)33-11-5-8-14-37(33)40/h3-25H,1H2,2H3. The highest BCUT2D eigenvalue weighted by atomic mass is 15.0. The molecule has 0 N–H and O–H groups in total. The van der Waals surface area contributed by atoms with Crippen molar-refractivity contribution < 1.29 is 0 Å². The molecule has 0 aliphatic rings. The highest BCUT2D eigenvalue weighted by molar-refractivity contribution is 6.11. The van der Waals surface area contributed by atoms with Gasteiger partial charge in [0.15, 0.2) is 0 Å².